The number of fused-ring (bicyclic) bond motifs is 1. The second-order valence-corrected chi connectivity index (χ2v) is 12.0. The summed E-state index contributed by atoms with van der Waals surface area (Å²) in [6, 6.07) is 2.45. The zero-order chi connectivity index (χ0) is 28.4. The number of aromatic nitrogens is 5. The predicted molar refractivity (Wildman–Crippen MR) is 136 cm³/mol. The summed E-state index contributed by atoms with van der Waals surface area (Å²) in [6.45, 7) is 3.80. The number of aliphatic hydroxyl groups excluding tert-OH is 1. The highest BCUT2D eigenvalue weighted by molar-refractivity contribution is 5.92. The molecule has 2 atom stereocenters. The zero-order valence-electron chi connectivity index (χ0n) is 22.3. The van der Waals surface area contributed by atoms with Gasteiger partial charge in [0, 0.05) is 30.6 Å². The number of aliphatic hydroxyl groups is 1. The first-order valence-electron chi connectivity index (χ1n) is 13.6. The molecule has 0 saturated heterocycles. The molecule has 10 nitrogen and oxygen atoms in total. The minimum absolute atomic E-state index is 0.0555. The third-order valence-corrected chi connectivity index (χ3v) is 8.62. The molecule has 4 saturated carbocycles. The van der Waals surface area contributed by atoms with Crippen LogP contribution in [0.2, 0.25) is 0 Å². The minimum atomic E-state index is -2.73. The Morgan fingerprint density at radius 2 is 1.80 bits per heavy atom. The third-order valence-electron chi connectivity index (χ3n) is 8.62. The summed E-state index contributed by atoms with van der Waals surface area (Å²) >= 11 is 0. The topological polar surface area (TPSA) is 126 Å². The largest absolute Gasteiger partial charge is 0.369 e. The van der Waals surface area contributed by atoms with Crippen molar-refractivity contribution >= 4 is 17.5 Å². The lowest BCUT2D eigenvalue weighted by Gasteiger charge is -2.64. The monoisotopic (exact) mass is 559 g/mol. The van der Waals surface area contributed by atoms with E-state index >= 15 is 0 Å². The average Bonchev–Trinajstić information content (AvgIpc) is 3.52. The molecule has 7 rings (SSSR count). The molecule has 3 N–H and O–H groups in total. The van der Waals surface area contributed by atoms with Crippen LogP contribution >= 0.6 is 0 Å². The van der Waals surface area contributed by atoms with Gasteiger partial charge in [-0.25, -0.2) is 22.7 Å². The second-order valence-electron chi connectivity index (χ2n) is 12.0. The summed E-state index contributed by atoms with van der Waals surface area (Å²) in [5.41, 5.74) is -0.527. The van der Waals surface area contributed by atoms with Crippen LogP contribution < -0.4 is 10.6 Å². The summed E-state index contributed by atoms with van der Waals surface area (Å²) in [7, 11) is 0. The number of nitrogens with one attached hydrogen (secondary N) is 2. The Kier molecular flexibility index (Phi) is 6.20. The van der Waals surface area contributed by atoms with Gasteiger partial charge in [-0.2, -0.15) is 10.2 Å². The first kappa shape index (κ1) is 26.7. The van der Waals surface area contributed by atoms with E-state index in [1.807, 2.05) is 13.8 Å². The molecular weight excluding hydrogens is 527 g/mol. The van der Waals surface area contributed by atoms with Crippen molar-refractivity contribution in [3.63, 3.8) is 0 Å². The Bertz CT molecular complexity index is 1440. The van der Waals surface area contributed by atoms with Gasteiger partial charge in [0.25, 0.3) is 5.91 Å². The van der Waals surface area contributed by atoms with Crippen molar-refractivity contribution in [3.8, 4) is 0 Å². The molecule has 0 aliphatic heterocycles. The van der Waals surface area contributed by atoms with Crippen LogP contribution in [0.4, 0.5) is 13.2 Å². The summed E-state index contributed by atoms with van der Waals surface area (Å²) in [6.07, 6.45) is 3.59. The van der Waals surface area contributed by atoms with Crippen LogP contribution in [-0.4, -0.2) is 52.9 Å². The fourth-order valence-electron chi connectivity index (χ4n) is 6.42. The highest BCUT2D eigenvalue weighted by Crippen LogP contribution is 2.69. The summed E-state index contributed by atoms with van der Waals surface area (Å²) in [4.78, 5) is 30.5. The van der Waals surface area contributed by atoms with E-state index in [2.05, 4.69) is 25.8 Å². The van der Waals surface area contributed by atoms with Crippen LogP contribution in [-0.2, 0) is 4.79 Å². The normalized spacial score (nSPS) is 27.1. The predicted octanol–water partition coefficient (Wildman–Crippen LogP) is 3.80. The van der Waals surface area contributed by atoms with Gasteiger partial charge in [-0.15, -0.1) is 0 Å². The number of imidazole rings is 1. The molecule has 0 radical (unpaired) electrons. The van der Waals surface area contributed by atoms with Gasteiger partial charge in [-0.1, -0.05) is 0 Å². The average molecular weight is 560 g/mol. The summed E-state index contributed by atoms with van der Waals surface area (Å²) in [5.74, 6) is -3.79. The Labute approximate surface area is 228 Å². The van der Waals surface area contributed by atoms with Crippen LogP contribution in [0, 0.1) is 11.3 Å². The molecule has 3 aromatic rings. The van der Waals surface area contributed by atoms with Gasteiger partial charge in [0.2, 0.25) is 11.8 Å². The quantitative estimate of drug-likeness (QED) is 0.361. The van der Waals surface area contributed by atoms with Crippen LogP contribution in [0.15, 0.2) is 30.7 Å². The smallest absolute Gasteiger partial charge is 0.270 e. The van der Waals surface area contributed by atoms with Crippen molar-refractivity contribution in [2.45, 2.75) is 88.7 Å². The molecule has 0 unspecified atom stereocenters. The number of carbonyl (C=O) groups excluding carboxylic acids is 2. The Balaban J connectivity index is 1.24. The van der Waals surface area contributed by atoms with Gasteiger partial charge in [-0.05, 0) is 64.0 Å². The molecular formula is C27H32F3N7O3. The van der Waals surface area contributed by atoms with Gasteiger partial charge in [0.1, 0.15) is 11.4 Å². The maximum atomic E-state index is 14.0. The maximum absolute atomic E-state index is 14.0. The second kappa shape index (κ2) is 9.28. The fraction of sp³-hybridized carbons (Fsp3) is 0.593. The van der Waals surface area contributed by atoms with Gasteiger partial charge in [0.05, 0.1) is 29.5 Å². The number of alkyl halides is 3. The van der Waals surface area contributed by atoms with E-state index in [0.717, 1.165) is 0 Å². The first-order valence-corrected chi connectivity index (χ1v) is 13.6. The van der Waals surface area contributed by atoms with Crippen LogP contribution in [0.5, 0.6) is 0 Å². The lowest BCUT2D eigenvalue weighted by atomic mass is 9.42. The number of halogens is 3. The molecule has 0 aromatic carbocycles. The van der Waals surface area contributed by atoms with Gasteiger partial charge >= 0.3 is 0 Å². The molecule has 2 amide bonds. The highest BCUT2D eigenvalue weighted by Gasteiger charge is 2.72. The van der Waals surface area contributed by atoms with Crippen LogP contribution in [0.3, 0.4) is 0 Å². The molecule has 4 aliphatic rings. The maximum Gasteiger partial charge on any atom is 0.270 e. The SMILES string of the molecule is CC(C)n1nccc1C(=O)N[C@H](c1cn2ncc([C@@H](O)NC(=O)C34CC(F)(C3)C4)cc2n1)C1CCC(F)(F)CC1. The lowest BCUT2D eigenvalue weighted by Crippen LogP contribution is -2.70. The van der Waals surface area contributed by atoms with E-state index in [1.165, 1.54) is 16.9 Å². The molecule has 40 heavy (non-hydrogen) atoms. The Morgan fingerprint density at radius 3 is 2.45 bits per heavy atom. The molecule has 4 aliphatic carbocycles. The Morgan fingerprint density at radius 1 is 1.10 bits per heavy atom. The molecule has 3 aromatic heterocycles. The molecule has 2 bridgehead atoms. The lowest BCUT2D eigenvalue weighted by molar-refractivity contribution is -0.215. The highest BCUT2D eigenvalue weighted by atomic mass is 19.3. The fourth-order valence-corrected chi connectivity index (χ4v) is 6.42. The van der Waals surface area contributed by atoms with Crippen molar-refractivity contribution in [1.29, 1.82) is 0 Å². The van der Waals surface area contributed by atoms with E-state index in [4.69, 9.17) is 0 Å². The van der Waals surface area contributed by atoms with Gasteiger partial charge in [0.15, 0.2) is 11.9 Å². The number of hydrogen-bond acceptors (Lipinski definition) is 6. The van der Waals surface area contributed by atoms with E-state index in [0.29, 0.717) is 22.6 Å². The van der Waals surface area contributed by atoms with Crippen LogP contribution in [0.1, 0.15) is 98.9 Å². The molecule has 13 heteroatoms. The van der Waals surface area contributed by atoms with Crippen LogP contribution in [0.25, 0.3) is 5.65 Å². The number of rotatable bonds is 8. The van der Waals surface area contributed by atoms with E-state index in [-0.39, 0.29) is 68.7 Å². The summed E-state index contributed by atoms with van der Waals surface area (Å²) in [5, 5.41) is 24.7. The summed E-state index contributed by atoms with van der Waals surface area (Å²) < 4.78 is 44.8. The van der Waals surface area contributed by atoms with Crippen molar-refractivity contribution < 1.29 is 27.9 Å². The Hall–Kier alpha value is -3.48. The number of amides is 2. The molecule has 4 fully saturated rings. The zero-order valence-corrected chi connectivity index (χ0v) is 22.3. The first-order chi connectivity index (χ1) is 18.9. The molecule has 3 heterocycles. The van der Waals surface area contributed by atoms with Crippen molar-refractivity contribution in [2.24, 2.45) is 11.3 Å². The van der Waals surface area contributed by atoms with Gasteiger partial charge in [-0.3, -0.25) is 14.3 Å². The molecule has 214 valence electrons. The van der Waals surface area contributed by atoms with Crippen molar-refractivity contribution in [2.75, 3.05) is 0 Å². The third kappa shape index (κ3) is 4.63. The number of nitrogens with zero attached hydrogens (tertiary/aromatic N) is 5. The molecule has 0 spiro atoms. The van der Waals surface area contributed by atoms with Crippen molar-refractivity contribution in [3.05, 3.63) is 47.7 Å². The van der Waals surface area contributed by atoms with Crippen molar-refractivity contribution in [1.82, 2.24) is 35.0 Å². The van der Waals surface area contributed by atoms with E-state index < -0.39 is 29.3 Å². The minimum Gasteiger partial charge on any atom is -0.369 e. The van der Waals surface area contributed by atoms with E-state index in [9.17, 15) is 27.9 Å². The number of hydrogen-bond donors (Lipinski definition) is 3. The van der Waals surface area contributed by atoms with Gasteiger partial charge < -0.3 is 15.7 Å². The van der Waals surface area contributed by atoms with E-state index in [1.54, 1.807) is 23.0 Å². The standard InChI is InChI=1S/C27H32F3N7O3/c1-15(2)37-19(5-8-31-37)23(39)34-21(16-3-6-27(29,30)7-4-16)18-11-36-20(33-18)9-17(10-32-36)22(38)35-24(40)25-12-26(28,13-25)14-25/h5,8-11,15-16,21-22,38H,3-4,6-7,12-14H2,1-2H3,(H,34,39)(H,35,40)/t21-,22+,25?,26?/m0/s1. The number of carbonyl (C=O) groups is 2.